The Morgan fingerprint density at radius 2 is 1.57 bits per heavy atom. The van der Waals surface area contributed by atoms with Crippen LogP contribution in [0.15, 0.2) is 12.1 Å². The van der Waals surface area contributed by atoms with Crippen molar-refractivity contribution < 1.29 is 19.0 Å². The van der Waals surface area contributed by atoms with Gasteiger partial charge in [0, 0.05) is 0 Å². The van der Waals surface area contributed by atoms with Gasteiger partial charge in [0.1, 0.15) is 0 Å². The van der Waals surface area contributed by atoms with E-state index in [1.165, 1.54) is 12.8 Å². The molecular formula is C18H27NO4. The highest BCUT2D eigenvalue weighted by atomic mass is 16.5. The van der Waals surface area contributed by atoms with Crippen molar-refractivity contribution in [1.82, 2.24) is 4.90 Å². The Hall–Kier alpha value is -1.75. The third-order valence-corrected chi connectivity index (χ3v) is 3.82. The summed E-state index contributed by atoms with van der Waals surface area (Å²) < 4.78 is 17.1. The van der Waals surface area contributed by atoms with E-state index in [1.54, 1.807) is 12.1 Å². The van der Waals surface area contributed by atoms with Gasteiger partial charge < -0.3 is 14.2 Å². The molecule has 1 aromatic rings. The lowest BCUT2D eigenvalue weighted by Gasteiger charge is -2.19. The Morgan fingerprint density at radius 1 is 0.957 bits per heavy atom. The van der Waals surface area contributed by atoms with E-state index in [4.69, 9.17) is 14.2 Å². The van der Waals surface area contributed by atoms with Crippen LogP contribution in [-0.4, -0.2) is 50.1 Å². The van der Waals surface area contributed by atoms with Crippen LogP contribution in [0.1, 0.15) is 44.0 Å². The first-order valence-corrected chi connectivity index (χ1v) is 8.52. The van der Waals surface area contributed by atoms with Gasteiger partial charge in [-0.2, -0.15) is 0 Å². The highest BCUT2D eigenvalue weighted by Crippen LogP contribution is 2.40. The zero-order chi connectivity index (χ0) is 16.7. The molecule has 0 atom stereocenters. The number of hydrogen-bond donors (Lipinski definition) is 0. The zero-order valence-corrected chi connectivity index (χ0v) is 14.4. The van der Waals surface area contributed by atoms with Crippen molar-refractivity contribution in [3.05, 3.63) is 17.7 Å². The van der Waals surface area contributed by atoms with Crippen LogP contribution in [0.25, 0.3) is 0 Å². The molecule has 5 nitrogen and oxygen atoms in total. The molecule has 0 aliphatic carbocycles. The molecule has 1 aliphatic heterocycles. The Morgan fingerprint density at radius 3 is 2.17 bits per heavy atom. The molecule has 23 heavy (non-hydrogen) atoms. The number of carbonyl (C=O) groups is 1. The second-order valence-corrected chi connectivity index (χ2v) is 5.47. The number of Topliss-reactive ketones (excluding diaryl/α,β-unsaturated/α-hetero) is 1. The van der Waals surface area contributed by atoms with Crippen LogP contribution in [0.3, 0.4) is 0 Å². The molecule has 0 aromatic heterocycles. The third kappa shape index (κ3) is 4.38. The van der Waals surface area contributed by atoms with E-state index in [1.807, 2.05) is 20.8 Å². The predicted molar refractivity (Wildman–Crippen MR) is 90.0 cm³/mol. The smallest absolute Gasteiger partial charge is 0.204 e. The van der Waals surface area contributed by atoms with Crippen LogP contribution >= 0.6 is 0 Å². The second-order valence-electron chi connectivity index (χ2n) is 5.47. The molecule has 1 heterocycles. The summed E-state index contributed by atoms with van der Waals surface area (Å²) in [4.78, 5) is 14.9. The van der Waals surface area contributed by atoms with Gasteiger partial charge in [-0.05, 0) is 58.8 Å². The molecule has 0 radical (unpaired) electrons. The quantitative estimate of drug-likeness (QED) is 0.654. The number of ether oxygens (including phenoxy) is 3. The Kier molecular flexibility index (Phi) is 6.71. The van der Waals surface area contributed by atoms with Crippen molar-refractivity contribution >= 4 is 5.78 Å². The lowest BCUT2D eigenvalue weighted by molar-refractivity contribution is 0.0940. The molecule has 0 spiro atoms. The summed E-state index contributed by atoms with van der Waals surface area (Å²) in [6, 6.07) is 3.59. The van der Waals surface area contributed by atoms with Crippen LogP contribution in [0.5, 0.6) is 17.2 Å². The van der Waals surface area contributed by atoms with Gasteiger partial charge in [0.25, 0.3) is 0 Å². The van der Waals surface area contributed by atoms with E-state index in [9.17, 15) is 4.79 Å². The molecule has 0 amide bonds. The highest BCUT2D eigenvalue weighted by Gasteiger charge is 2.24. The lowest BCUT2D eigenvalue weighted by Crippen LogP contribution is -2.27. The van der Waals surface area contributed by atoms with E-state index < -0.39 is 0 Å². The molecule has 1 aromatic carbocycles. The topological polar surface area (TPSA) is 48.0 Å². The first kappa shape index (κ1) is 17.6. The van der Waals surface area contributed by atoms with E-state index >= 15 is 0 Å². The molecule has 0 saturated carbocycles. The third-order valence-electron chi connectivity index (χ3n) is 3.82. The van der Waals surface area contributed by atoms with E-state index in [-0.39, 0.29) is 5.78 Å². The molecule has 0 bridgehead atoms. The van der Waals surface area contributed by atoms with Gasteiger partial charge in [-0.3, -0.25) is 9.69 Å². The molecule has 1 saturated heterocycles. The first-order valence-electron chi connectivity index (χ1n) is 8.52. The number of ketones is 1. The average Bonchev–Trinajstić information content (AvgIpc) is 3.03. The van der Waals surface area contributed by atoms with Gasteiger partial charge in [0.2, 0.25) is 5.75 Å². The maximum absolute atomic E-state index is 12.7. The minimum absolute atomic E-state index is 0.0688. The molecule has 1 fully saturated rings. The summed E-state index contributed by atoms with van der Waals surface area (Å²) in [7, 11) is 0. The molecule has 128 valence electrons. The van der Waals surface area contributed by atoms with Gasteiger partial charge in [-0.1, -0.05) is 0 Å². The summed E-state index contributed by atoms with van der Waals surface area (Å²) in [6.45, 7) is 9.64. The van der Waals surface area contributed by atoms with Gasteiger partial charge in [0.15, 0.2) is 17.3 Å². The number of nitrogens with zero attached hydrogens (tertiary/aromatic N) is 1. The summed E-state index contributed by atoms with van der Waals surface area (Å²) in [6.07, 6.45) is 2.33. The normalized spacial score (nSPS) is 14.7. The average molecular weight is 321 g/mol. The summed E-state index contributed by atoms with van der Waals surface area (Å²) in [5.74, 6) is 1.72. The summed E-state index contributed by atoms with van der Waals surface area (Å²) in [5, 5.41) is 0. The van der Waals surface area contributed by atoms with Crippen LogP contribution < -0.4 is 14.2 Å². The van der Waals surface area contributed by atoms with Gasteiger partial charge >= 0.3 is 0 Å². The Balaban J connectivity index is 2.32. The van der Waals surface area contributed by atoms with Crippen molar-refractivity contribution in [2.45, 2.75) is 33.6 Å². The Bertz CT molecular complexity index is 524. The number of carbonyl (C=O) groups excluding carboxylic acids is 1. The van der Waals surface area contributed by atoms with E-state index in [0.717, 1.165) is 13.1 Å². The van der Waals surface area contributed by atoms with Crippen LogP contribution in [0, 0.1) is 0 Å². The first-order chi connectivity index (χ1) is 11.2. The number of hydrogen-bond acceptors (Lipinski definition) is 5. The van der Waals surface area contributed by atoms with E-state index in [2.05, 4.69) is 4.90 Å². The van der Waals surface area contributed by atoms with Gasteiger partial charge in [-0.25, -0.2) is 0 Å². The summed E-state index contributed by atoms with van der Waals surface area (Å²) in [5.41, 5.74) is 0.575. The van der Waals surface area contributed by atoms with Crippen molar-refractivity contribution in [3.8, 4) is 17.2 Å². The fourth-order valence-electron chi connectivity index (χ4n) is 2.83. The van der Waals surface area contributed by atoms with Crippen LogP contribution in [0.2, 0.25) is 0 Å². The van der Waals surface area contributed by atoms with Gasteiger partial charge in [-0.15, -0.1) is 0 Å². The molecule has 1 aliphatic rings. The van der Waals surface area contributed by atoms with Crippen molar-refractivity contribution in [1.29, 1.82) is 0 Å². The molecule has 2 rings (SSSR count). The van der Waals surface area contributed by atoms with Crippen LogP contribution in [-0.2, 0) is 0 Å². The fraction of sp³-hybridized carbons (Fsp3) is 0.611. The van der Waals surface area contributed by atoms with Crippen molar-refractivity contribution in [3.63, 3.8) is 0 Å². The predicted octanol–water partition coefficient (Wildman–Crippen LogP) is 3.16. The Labute approximate surface area is 138 Å². The molecule has 5 heteroatoms. The summed E-state index contributed by atoms with van der Waals surface area (Å²) >= 11 is 0. The maximum Gasteiger partial charge on any atom is 0.204 e. The number of benzene rings is 1. The second kappa shape index (κ2) is 8.77. The fourth-order valence-corrected chi connectivity index (χ4v) is 2.83. The monoisotopic (exact) mass is 321 g/mol. The minimum Gasteiger partial charge on any atom is -0.490 e. The minimum atomic E-state index is 0.0688. The molecular weight excluding hydrogens is 294 g/mol. The van der Waals surface area contributed by atoms with Crippen molar-refractivity contribution in [2.24, 2.45) is 0 Å². The number of likely N-dealkylation sites (tertiary alicyclic amines) is 1. The highest BCUT2D eigenvalue weighted by molar-refractivity contribution is 6.01. The SMILES string of the molecule is CCOc1ccc(C(=O)CN2CCCC2)c(OCC)c1OCC. The van der Waals surface area contributed by atoms with Gasteiger partial charge in [0.05, 0.1) is 31.9 Å². The zero-order valence-electron chi connectivity index (χ0n) is 14.4. The largest absolute Gasteiger partial charge is 0.490 e. The molecule has 0 unspecified atom stereocenters. The maximum atomic E-state index is 12.7. The van der Waals surface area contributed by atoms with Crippen molar-refractivity contribution in [2.75, 3.05) is 39.5 Å². The van der Waals surface area contributed by atoms with E-state index in [0.29, 0.717) is 49.2 Å². The lowest BCUT2D eigenvalue weighted by atomic mass is 10.1. The standard InChI is InChI=1S/C18H27NO4/c1-4-21-16-10-9-14(15(20)13-19-11-7-8-12-19)17(22-5-2)18(16)23-6-3/h9-10H,4-8,11-13H2,1-3H3. The van der Waals surface area contributed by atoms with Crippen LogP contribution in [0.4, 0.5) is 0 Å². The number of rotatable bonds is 9. The molecule has 0 N–H and O–H groups in total.